The fourth-order valence-electron chi connectivity index (χ4n) is 2.49. The standard InChI is InChI=1S/C18H10FN3O3/c19-13-6-4-11(5-7-13)17-20-18(25-21-17)12-2-1-3-14(10-12)22-15(23)8-9-16(22)24/h1-10H. The summed E-state index contributed by atoms with van der Waals surface area (Å²) in [4.78, 5) is 28.9. The van der Waals surface area contributed by atoms with Crippen LogP contribution >= 0.6 is 0 Å². The molecule has 2 amide bonds. The molecule has 122 valence electrons. The van der Waals surface area contributed by atoms with Gasteiger partial charge in [0.05, 0.1) is 5.69 Å². The first-order valence-corrected chi connectivity index (χ1v) is 7.38. The predicted octanol–water partition coefficient (Wildman–Crippen LogP) is 2.97. The van der Waals surface area contributed by atoms with Crippen molar-refractivity contribution in [3.63, 3.8) is 0 Å². The third-order valence-corrected chi connectivity index (χ3v) is 3.69. The Labute approximate surface area is 141 Å². The van der Waals surface area contributed by atoms with E-state index in [0.29, 0.717) is 22.6 Å². The van der Waals surface area contributed by atoms with E-state index in [0.717, 1.165) is 4.90 Å². The molecule has 0 atom stereocenters. The molecule has 3 aromatic rings. The van der Waals surface area contributed by atoms with Crippen LogP contribution in [0.5, 0.6) is 0 Å². The normalized spacial score (nSPS) is 13.7. The molecule has 2 heterocycles. The van der Waals surface area contributed by atoms with E-state index in [1.54, 1.807) is 36.4 Å². The maximum absolute atomic E-state index is 13.0. The molecule has 0 N–H and O–H groups in total. The second-order valence-corrected chi connectivity index (χ2v) is 5.33. The van der Waals surface area contributed by atoms with Gasteiger partial charge in [-0.1, -0.05) is 11.2 Å². The lowest BCUT2D eigenvalue weighted by molar-refractivity contribution is -0.119. The number of carbonyl (C=O) groups excluding carboxylic acids is 2. The Hall–Kier alpha value is -3.61. The molecule has 0 unspecified atom stereocenters. The summed E-state index contributed by atoms with van der Waals surface area (Å²) >= 11 is 0. The van der Waals surface area contributed by atoms with Crippen molar-refractivity contribution in [1.29, 1.82) is 0 Å². The zero-order chi connectivity index (χ0) is 17.4. The molecule has 1 aliphatic rings. The number of hydrogen-bond donors (Lipinski definition) is 0. The zero-order valence-electron chi connectivity index (χ0n) is 12.7. The third-order valence-electron chi connectivity index (χ3n) is 3.69. The molecule has 25 heavy (non-hydrogen) atoms. The van der Waals surface area contributed by atoms with E-state index in [-0.39, 0.29) is 11.7 Å². The number of nitrogens with zero attached hydrogens (tertiary/aromatic N) is 3. The lowest BCUT2D eigenvalue weighted by Crippen LogP contribution is -2.29. The van der Waals surface area contributed by atoms with Gasteiger partial charge in [0, 0.05) is 23.3 Å². The Morgan fingerprint density at radius 2 is 1.64 bits per heavy atom. The lowest BCUT2D eigenvalue weighted by Gasteiger charge is -2.13. The molecular formula is C18H10FN3O3. The Balaban J connectivity index is 1.67. The highest BCUT2D eigenvalue weighted by Crippen LogP contribution is 2.27. The van der Waals surface area contributed by atoms with Crippen LogP contribution in [0.3, 0.4) is 0 Å². The molecule has 1 aromatic heterocycles. The summed E-state index contributed by atoms with van der Waals surface area (Å²) in [7, 11) is 0. The topological polar surface area (TPSA) is 76.3 Å². The van der Waals surface area contributed by atoms with Crippen molar-refractivity contribution in [2.75, 3.05) is 4.90 Å². The number of hydrogen-bond acceptors (Lipinski definition) is 5. The number of imide groups is 1. The van der Waals surface area contributed by atoms with Gasteiger partial charge in [0.2, 0.25) is 5.82 Å². The van der Waals surface area contributed by atoms with Crippen molar-refractivity contribution in [1.82, 2.24) is 10.1 Å². The van der Waals surface area contributed by atoms with Gasteiger partial charge in [0.15, 0.2) is 0 Å². The van der Waals surface area contributed by atoms with Crippen LogP contribution in [-0.4, -0.2) is 22.0 Å². The predicted molar refractivity (Wildman–Crippen MR) is 86.8 cm³/mol. The summed E-state index contributed by atoms with van der Waals surface area (Å²) in [6.45, 7) is 0. The molecule has 4 rings (SSSR count). The number of amides is 2. The van der Waals surface area contributed by atoms with Crippen LogP contribution in [0.4, 0.5) is 10.1 Å². The van der Waals surface area contributed by atoms with E-state index in [1.165, 1.54) is 24.3 Å². The maximum Gasteiger partial charge on any atom is 0.258 e. The zero-order valence-corrected chi connectivity index (χ0v) is 12.7. The van der Waals surface area contributed by atoms with E-state index in [9.17, 15) is 14.0 Å². The molecule has 0 spiro atoms. The van der Waals surface area contributed by atoms with E-state index in [2.05, 4.69) is 10.1 Å². The van der Waals surface area contributed by atoms with E-state index >= 15 is 0 Å². The maximum atomic E-state index is 13.0. The van der Waals surface area contributed by atoms with Gasteiger partial charge < -0.3 is 4.52 Å². The highest BCUT2D eigenvalue weighted by atomic mass is 19.1. The minimum absolute atomic E-state index is 0.230. The molecule has 2 aromatic carbocycles. The van der Waals surface area contributed by atoms with Crippen LogP contribution in [0.1, 0.15) is 0 Å². The summed E-state index contributed by atoms with van der Waals surface area (Å²) < 4.78 is 18.2. The van der Waals surface area contributed by atoms with Gasteiger partial charge >= 0.3 is 0 Å². The van der Waals surface area contributed by atoms with Crippen molar-refractivity contribution in [2.45, 2.75) is 0 Å². The van der Waals surface area contributed by atoms with Gasteiger partial charge in [0.25, 0.3) is 17.7 Å². The quantitative estimate of drug-likeness (QED) is 0.688. The first-order valence-electron chi connectivity index (χ1n) is 7.38. The van der Waals surface area contributed by atoms with Crippen molar-refractivity contribution in [2.24, 2.45) is 0 Å². The van der Waals surface area contributed by atoms with E-state index in [1.807, 2.05) is 0 Å². The minimum atomic E-state index is -0.403. The average Bonchev–Trinajstić information content (AvgIpc) is 3.23. The highest BCUT2D eigenvalue weighted by molar-refractivity contribution is 6.28. The molecule has 0 bridgehead atoms. The number of aromatic nitrogens is 2. The molecule has 0 fully saturated rings. The first kappa shape index (κ1) is 14.9. The highest BCUT2D eigenvalue weighted by Gasteiger charge is 2.25. The van der Waals surface area contributed by atoms with Gasteiger partial charge in [0.1, 0.15) is 5.82 Å². The molecule has 0 saturated carbocycles. The molecule has 0 aliphatic carbocycles. The van der Waals surface area contributed by atoms with Crippen LogP contribution in [0.15, 0.2) is 65.2 Å². The molecule has 7 heteroatoms. The van der Waals surface area contributed by atoms with Gasteiger partial charge in [-0.3, -0.25) is 9.59 Å². The first-order chi connectivity index (χ1) is 12.1. The molecule has 0 radical (unpaired) electrons. The van der Waals surface area contributed by atoms with Crippen LogP contribution in [0, 0.1) is 5.82 Å². The number of rotatable bonds is 3. The number of benzene rings is 2. The van der Waals surface area contributed by atoms with Crippen LogP contribution in [0.25, 0.3) is 22.8 Å². The lowest BCUT2D eigenvalue weighted by atomic mass is 10.2. The second kappa shape index (κ2) is 5.79. The number of carbonyl (C=O) groups is 2. The molecule has 0 saturated heterocycles. The fourth-order valence-corrected chi connectivity index (χ4v) is 2.49. The SMILES string of the molecule is O=C1C=CC(=O)N1c1cccc(-c2nc(-c3ccc(F)cc3)no2)c1. The second-order valence-electron chi connectivity index (χ2n) is 5.33. The van der Waals surface area contributed by atoms with Crippen molar-refractivity contribution in [3.05, 3.63) is 66.5 Å². The summed E-state index contributed by atoms with van der Waals surface area (Å²) in [6.07, 6.45) is 2.43. The van der Waals surface area contributed by atoms with E-state index < -0.39 is 11.8 Å². The van der Waals surface area contributed by atoms with Crippen molar-refractivity contribution < 1.29 is 18.5 Å². The fraction of sp³-hybridized carbons (Fsp3) is 0. The minimum Gasteiger partial charge on any atom is -0.334 e. The number of anilines is 1. The van der Waals surface area contributed by atoms with Crippen molar-refractivity contribution in [3.8, 4) is 22.8 Å². The summed E-state index contributed by atoms with van der Waals surface area (Å²) in [5.41, 5.74) is 1.59. The largest absolute Gasteiger partial charge is 0.334 e. The Bertz CT molecular complexity index is 990. The van der Waals surface area contributed by atoms with Gasteiger partial charge in [-0.05, 0) is 42.5 Å². The smallest absolute Gasteiger partial charge is 0.258 e. The molecule has 1 aliphatic heterocycles. The average molecular weight is 335 g/mol. The van der Waals surface area contributed by atoms with Gasteiger partial charge in [-0.15, -0.1) is 0 Å². The van der Waals surface area contributed by atoms with Crippen LogP contribution in [-0.2, 0) is 9.59 Å². The summed E-state index contributed by atoms with van der Waals surface area (Å²) in [5.74, 6) is -0.614. The monoisotopic (exact) mass is 335 g/mol. The van der Waals surface area contributed by atoms with Crippen molar-refractivity contribution >= 4 is 17.5 Å². The van der Waals surface area contributed by atoms with Crippen LogP contribution in [0.2, 0.25) is 0 Å². The summed E-state index contributed by atoms with van der Waals surface area (Å²) in [6, 6.07) is 12.4. The Morgan fingerprint density at radius 3 is 2.36 bits per heavy atom. The van der Waals surface area contributed by atoms with Gasteiger partial charge in [-0.2, -0.15) is 4.98 Å². The Kier molecular flexibility index (Phi) is 3.46. The van der Waals surface area contributed by atoms with Crippen LogP contribution < -0.4 is 4.90 Å². The third kappa shape index (κ3) is 2.72. The van der Waals surface area contributed by atoms with Gasteiger partial charge in [-0.25, -0.2) is 9.29 Å². The number of halogens is 1. The molecular weight excluding hydrogens is 325 g/mol. The molecule has 6 nitrogen and oxygen atoms in total. The summed E-state index contributed by atoms with van der Waals surface area (Å²) in [5, 5.41) is 3.88. The van der Waals surface area contributed by atoms with E-state index in [4.69, 9.17) is 4.52 Å². The Morgan fingerprint density at radius 1 is 0.920 bits per heavy atom.